The Morgan fingerprint density at radius 2 is 1.82 bits per heavy atom. The van der Waals surface area contributed by atoms with Crippen LogP contribution in [-0.4, -0.2) is 18.5 Å². The van der Waals surface area contributed by atoms with Gasteiger partial charge in [-0.25, -0.2) is 0 Å². The van der Waals surface area contributed by atoms with Crippen molar-refractivity contribution in [1.82, 2.24) is 4.90 Å². The van der Waals surface area contributed by atoms with Crippen LogP contribution in [0.5, 0.6) is 0 Å². The summed E-state index contributed by atoms with van der Waals surface area (Å²) in [6.07, 6.45) is 1.22. The number of nitrogens with zero attached hydrogens (tertiary/aromatic N) is 1. The highest BCUT2D eigenvalue weighted by Crippen LogP contribution is 2.19. The Balaban J connectivity index is 2.47. The standard InChI is InChI=1S/C15H26N2/c1-15(2,3)8-9-17(4)12-14-7-5-6-13(10-14)11-16/h5-7,10H,8-9,11-12,16H2,1-4H3. The van der Waals surface area contributed by atoms with Crippen LogP contribution >= 0.6 is 0 Å². The first-order valence-corrected chi connectivity index (χ1v) is 6.37. The Bertz CT molecular complexity index is 339. The zero-order valence-corrected chi connectivity index (χ0v) is 11.7. The molecule has 0 aliphatic heterocycles. The lowest BCUT2D eigenvalue weighted by Gasteiger charge is -2.23. The second-order valence-electron chi connectivity index (χ2n) is 6.07. The maximum absolute atomic E-state index is 5.65. The predicted octanol–water partition coefficient (Wildman–Crippen LogP) is 3.01. The highest BCUT2D eigenvalue weighted by Gasteiger charge is 2.11. The number of hydrogen-bond donors (Lipinski definition) is 1. The van der Waals surface area contributed by atoms with Crippen LogP contribution in [0.2, 0.25) is 0 Å². The zero-order chi connectivity index (χ0) is 12.9. The van der Waals surface area contributed by atoms with E-state index >= 15 is 0 Å². The second kappa shape index (κ2) is 6.18. The Labute approximate surface area is 106 Å². The fourth-order valence-electron chi connectivity index (χ4n) is 1.77. The topological polar surface area (TPSA) is 29.3 Å². The number of benzene rings is 1. The molecule has 0 aromatic heterocycles. The molecule has 0 radical (unpaired) electrons. The molecular weight excluding hydrogens is 208 g/mol. The lowest BCUT2D eigenvalue weighted by Crippen LogP contribution is -2.23. The minimum absolute atomic E-state index is 0.410. The molecule has 0 aliphatic carbocycles. The first-order valence-electron chi connectivity index (χ1n) is 6.37. The number of nitrogens with two attached hydrogens (primary N) is 1. The van der Waals surface area contributed by atoms with Crippen LogP contribution in [0.15, 0.2) is 24.3 Å². The maximum atomic E-state index is 5.65. The van der Waals surface area contributed by atoms with Gasteiger partial charge in [-0.2, -0.15) is 0 Å². The van der Waals surface area contributed by atoms with Crippen LogP contribution in [0.3, 0.4) is 0 Å². The molecular formula is C15H26N2. The molecule has 0 aliphatic rings. The molecule has 0 amide bonds. The fourth-order valence-corrected chi connectivity index (χ4v) is 1.77. The normalized spacial score (nSPS) is 12.1. The van der Waals surface area contributed by atoms with E-state index in [2.05, 4.69) is 57.0 Å². The maximum Gasteiger partial charge on any atom is 0.0230 e. The molecule has 17 heavy (non-hydrogen) atoms. The quantitative estimate of drug-likeness (QED) is 0.848. The van der Waals surface area contributed by atoms with Crippen molar-refractivity contribution in [3.05, 3.63) is 35.4 Å². The Morgan fingerprint density at radius 3 is 2.41 bits per heavy atom. The van der Waals surface area contributed by atoms with Gasteiger partial charge in [-0.15, -0.1) is 0 Å². The smallest absolute Gasteiger partial charge is 0.0230 e. The molecule has 1 aromatic carbocycles. The second-order valence-corrected chi connectivity index (χ2v) is 6.07. The Morgan fingerprint density at radius 1 is 1.18 bits per heavy atom. The molecule has 0 atom stereocenters. The third kappa shape index (κ3) is 5.85. The lowest BCUT2D eigenvalue weighted by molar-refractivity contribution is 0.259. The van der Waals surface area contributed by atoms with Crippen LogP contribution in [0.1, 0.15) is 38.3 Å². The van der Waals surface area contributed by atoms with Crippen molar-refractivity contribution in [2.45, 2.75) is 40.3 Å². The average molecular weight is 234 g/mol. The molecule has 2 N–H and O–H groups in total. The summed E-state index contributed by atoms with van der Waals surface area (Å²) in [6.45, 7) is 9.63. The van der Waals surface area contributed by atoms with Gasteiger partial charge in [-0.1, -0.05) is 45.0 Å². The summed E-state index contributed by atoms with van der Waals surface area (Å²) >= 11 is 0. The molecule has 1 rings (SSSR count). The molecule has 0 saturated heterocycles. The van der Waals surface area contributed by atoms with E-state index in [4.69, 9.17) is 5.73 Å². The summed E-state index contributed by atoms with van der Waals surface area (Å²) in [7, 11) is 2.18. The van der Waals surface area contributed by atoms with E-state index in [1.807, 2.05) is 0 Å². The first-order chi connectivity index (χ1) is 7.90. The van der Waals surface area contributed by atoms with Crippen molar-refractivity contribution in [2.75, 3.05) is 13.6 Å². The van der Waals surface area contributed by atoms with Gasteiger partial charge < -0.3 is 10.6 Å². The van der Waals surface area contributed by atoms with Crippen LogP contribution in [0.4, 0.5) is 0 Å². The minimum atomic E-state index is 0.410. The Hall–Kier alpha value is -0.860. The molecule has 2 heteroatoms. The highest BCUT2D eigenvalue weighted by molar-refractivity contribution is 5.23. The van der Waals surface area contributed by atoms with Crippen molar-refractivity contribution in [1.29, 1.82) is 0 Å². The molecule has 0 fully saturated rings. The number of rotatable bonds is 5. The van der Waals surface area contributed by atoms with Crippen molar-refractivity contribution in [3.8, 4) is 0 Å². The van der Waals surface area contributed by atoms with Crippen LogP contribution in [0.25, 0.3) is 0 Å². The summed E-state index contributed by atoms with van der Waals surface area (Å²) in [4.78, 5) is 2.38. The first kappa shape index (κ1) is 14.2. The van der Waals surface area contributed by atoms with Crippen LogP contribution in [0, 0.1) is 5.41 Å². The van der Waals surface area contributed by atoms with E-state index in [9.17, 15) is 0 Å². The predicted molar refractivity (Wildman–Crippen MR) is 74.7 cm³/mol. The van der Waals surface area contributed by atoms with E-state index < -0.39 is 0 Å². The van der Waals surface area contributed by atoms with E-state index in [1.165, 1.54) is 17.5 Å². The molecule has 0 spiro atoms. The van der Waals surface area contributed by atoms with E-state index in [-0.39, 0.29) is 0 Å². The van der Waals surface area contributed by atoms with Gasteiger partial charge in [-0.05, 0) is 36.6 Å². The summed E-state index contributed by atoms with van der Waals surface area (Å²) in [5.74, 6) is 0. The van der Waals surface area contributed by atoms with Gasteiger partial charge in [0.05, 0.1) is 0 Å². The molecule has 0 saturated carbocycles. The van der Waals surface area contributed by atoms with Gasteiger partial charge in [-0.3, -0.25) is 0 Å². The van der Waals surface area contributed by atoms with Gasteiger partial charge >= 0.3 is 0 Å². The molecule has 0 bridgehead atoms. The largest absolute Gasteiger partial charge is 0.326 e. The summed E-state index contributed by atoms with van der Waals surface area (Å²) < 4.78 is 0. The minimum Gasteiger partial charge on any atom is -0.326 e. The molecule has 0 unspecified atom stereocenters. The van der Waals surface area contributed by atoms with Crippen molar-refractivity contribution >= 4 is 0 Å². The Kier molecular flexibility index (Phi) is 5.16. The third-order valence-electron chi connectivity index (χ3n) is 2.92. The van der Waals surface area contributed by atoms with Gasteiger partial charge in [0.25, 0.3) is 0 Å². The molecule has 2 nitrogen and oxygen atoms in total. The van der Waals surface area contributed by atoms with Crippen LogP contribution in [-0.2, 0) is 13.1 Å². The number of hydrogen-bond acceptors (Lipinski definition) is 2. The van der Waals surface area contributed by atoms with Gasteiger partial charge in [0, 0.05) is 13.1 Å². The van der Waals surface area contributed by atoms with Crippen molar-refractivity contribution in [3.63, 3.8) is 0 Å². The fraction of sp³-hybridized carbons (Fsp3) is 0.600. The average Bonchev–Trinajstić information content (AvgIpc) is 2.26. The zero-order valence-electron chi connectivity index (χ0n) is 11.7. The van der Waals surface area contributed by atoms with Crippen molar-refractivity contribution in [2.24, 2.45) is 11.1 Å². The van der Waals surface area contributed by atoms with E-state index in [0.29, 0.717) is 12.0 Å². The SMILES string of the molecule is CN(CCC(C)(C)C)Cc1cccc(CN)c1. The summed E-state index contributed by atoms with van der Waals surface area (Å²) in [5.41, 5.74) is 8.63. The monoisotopic (exact) mass is 234 g/mol. The third-order valence-corrected chi connectivity index (χ3v) is 2.92. The van der Waals surface area contributed by atoms with Crippen molar-refractivity contribution < 1.29 is 0 Å². The van der Waals surface area contributed by atoms with Crippen LogP contribution < -0.4 is 5.73 Å². The summed E-state index contributed by atoms with van der Waals surface area (Å²) in [6, 6.07) is 8.55. The van der Waals surface area contributed by atoms with E-state index in [1.54, 1.807) is 0 Å². The van der Waals surface area contributed by atoms with E-state index in [0.717, 1.165) is 13.1 Å². The summed E-state index contributed by atoms with van der Waals surface area (Å²) in [5, 5.41) is 0. The molecule has 0 heterocycles. The van der Waals surface area contributed by atoms with Gasteiger partial charge in [0.2, 0.25) is 0 Å². The molecule has 96 valence electrons. The van der Waals surface area contributed by atoms with Gasteiger partial charge in [0.1, 0.15) is 0 Å². The molecule has 1 aromatic rings. The lowest BCUT2D eigenvalue weighted by atomic mass is 9.92. The highest BCUT2D eigenvalue weighted by atomic mass is 15.1. The van der Waals surface area contributed by atoms with Gasteiger partial charge in [0.15, 0.2) is 0 Å².